The Morgan fingerprint density at radius 1 is 0.338 bits per heavy atom. The lowest BCUT2D eigenvalue weighted by Gasteiger charge is -2.15. The average Bonchev–Trinajstić information content (AvgIpc) is 1.76. The first-order chi connectivity index (χ1) is 68.0. The highest BCUT2D eigenvalue weighted by Gasteiger charge is 2.32. The fourth-order valence-electron chi connectivity index (χ4n) is 14.9. The molecule has 1 N–H and O–H groups in total. The summed E-state index contributed by atoms with van der Waals surface area (Å²) < 4.78 is 213. The molecule has 0 fully saturated rings. The molecule has 0 atom stereocenters. The van der Waals surface area contributed by atoms with E-state index in [9.17, 15) is 70.3 Å². The van der Waals surface area contributed by atoms with Crippen LogP contribution in [-0.4, -0.2) is 118 Å². The second-order valence-corrected chi connectivity index (χ2v) is 39.7. The lowest BCUT2D eigenvalue weighted by molar-refractivity contribution is -0.137. The maximum atomic E-state index is 14.2. The number of aromatic nitrogens is 16. The molecule has 8 aromatic carbocycles. The average molecular weight is 2030 g/mol. The van der Waals surface area contributed by atoms with Crippen molar-refractivity contribution in [3.8, 4) is 89.1 Å². The van der Waals surface area contributed by atoms with Crippen molar-refractivity contribution in [2.24, 2.45) is 49.3 Å². The van der Waals surface area contributed by atoms with Gasteiger partial charge in [0.25, 0.3) is 12.3 Å². The first kappa shape index (κ1) is 114. The predicted octanol–water partition coefficient (Wildman–Crippen LogP) is 27.4. The van der Waals surface area contributed by atoms with Gasteiger partial charge in [-0.15, -0.1) is 5.10 Å². The Balaban J connectivity index is 0.000000185. The lowest BCUT2D eigenvalue weighted by atomic mass is 9.93. The number of halogens is 13. The number of hydrogen-bond acceptors (Lipinski definition) is 12. The van der Waals surface area contributed by atoms with Gasteiger partial charge in [-0.3, -0.25) is 42.6 Å². The van der Waals surface area contributed by atoms with Crippen molar-refractivity contribution in [2.75, 3.05) is 21.1 Å². The highest BCUT2D eigenvalue weighted by atomic mass is 32.2. The van der Waals surface area contributed by atoms with Crippen LogP contribution in [-0.2, 0) is 65.5 Å². The Labute approximate surface area is 839 Å². The topological polar surface area (TPSA) is 217 Å². The molecule has 0 bridgehead atoms. The number of nitrogens with zero attached hydrogens (tertiary/aromatic N) is 17. The highest BCUT2D eigenvalue weighted by molar-refractivity contribution is 7.89. The number of pyridine rings is 1. The second-order valence-electron chi connectivity index (χ2n) is 37.5. The van der Waals surface area contributed by atoms with Crippen molar-refractivity contribution < 1.29 is 70.3 Å². The first-order valence-corrected chi connectivity index (χ1v) is 48.3. The van der Waals surface area contributed by atoms with Crippen LogP contribution in [0.1, 0.15) is 231 Å². The van der Waals surface area contributed by atoms with Crippen molar-refractivity contribution >= 4 is 15.9 Å². The summed E-state index contributed by atoms with van der Waals surface area (Å²) in [5, 5.41) is 34.5. The van der Waals surface area contributed by atoms with Gasteiger partial charge in [-0.1, -0.05) is 165 Å². The van der Waals surface area contributed by atoms with Gasteiger partial charge < -0.3 is 5.32 Å². The van der Waals surface area contributed by atoms with E-state index in [2.05, 4.69) is 78.9 Å². The van der Waals surface area contributed by atoms with Gasteiger partial charge >= 0.3 is 6.18 Å². The van der Waals surface area contributed by atoms with Crippen LogP contribution in [0.2, 0.25) is 0 Å². The number of hydrogen-bond donors (Lipinski definition) is 1. The number of carbonyl (C=O) groups is 1. The molecule has 21 nitrogen and oxygen atoms in total. The van der Waals surface area contributed by atoms with E-state index >= 15 is 0 Å². The Morgan fingerprint density at radius 2 is 0.759 bits per heavy atom. The van der Waals surface area contributed by atoms with Crippen LogP contribution in [0.15, 0.2) is 231 Å². The Hall–Kier alpha value is -14.2. The summed E-state index contributed by atoms with van der Waals surface area (Å²) >= 11 is 0. The van der Waals surface area contributed by atoms with E-state index in [-0.39, 0.29) is 92.7 Å². The number of sulfonamides is 1. The van der Waals surface area contributed by atoms with Crippen LogP contribution in [0.25, 0.3) is 89.1 Å². The van der Waals surface area contributed by atoms with E-state index < -0.39 is 57.3 Å². The molecule has 0 unspecified atom stereocenters. The predicted molar refractivity (Wildman–Crippen MR) is 545 cm³/mol. The zero-order valence-electron chi connectivity index (χ0n) is 86.2. The Kier molecular flexibility index (Phi) is 39.7. The molecule has 0 aliphatic heterocycles. The molecule has 0 spiro atoms. The highest BCUT2D eigenvalue weighted by Crippen LogP contribution is 2.40. The van der Waals surface area contributed by atoms with Crippen molar-refractivity contribution in [3.05, 3.63) is 334 Å². The summed E-state index contributed by atoms with van der Waals surface area (Å²) in [6.07, 6.45) is 16.7. The van der Waals surface area contributed by atoms with Gasteiger partial charge in [-0.05, 0) is 205 Å². The molecule has 145 heavy (non-hydrogen) atoms. The van der Waals surface area contributed by atoms with Crippen LogP contribution in [0.3, 0.4) is 0 Å². The second kappa shape index (κ2) is 50.3. The van der Waals surface area contributed by atoms with Crippen LogP contribution in [0.4, 0.5) is 57.1 Å². The molecular formula is C110H125F13N18O3S. The molecule has 35 heteroatoms. The molecule has 0 radical (unpaired) electrons. The SMILES string of the molecule is CC(C)c1c(F)ccc(-c2cnn(C)c2)c1F.CC(C)c1cc(-c2cnn(C)c2)cc(C(F)(F)F)c1.CC(C)c1cc(-c2cnn(C)c2)cc(F)c1F.CC(C)c1cc(-c2cnn(C)c2)cc(S(=O)(=O)N(C)C)c1.CC(C)c1ccc(-c2cn(C)nn2)cc1F.CC(C)c1ccc(-c2cnn(C)c2)cc1F.CC(C)c1ccc(F)c(-c2cnn(C)c2)c1.CNC(=O)c1ccc(-c2cc(F)c(C(C)C)cc2C(F)F)cn1. The van der Waals surface area contributed by atoms with Gasteiger partial charge in [0.1, 0.15) is 46.3 Å². The van der Waals surface area contributed by atoms with E-state index in [1.54, 1.807) is 195 Å². The summed E-state index contributed by atoms with van der Waals surface area (Å²) in [6.45, 7) is 30.7. The van der Waals surface area contributed by atoms with Crippen molar-refractivity contribution in [1.82, 2.24) is 88.3 Å². The number of carbonyl (C=O) groups excluding carboxylic acids is 1. The summed E-state index contributed by atoms with van der Waals surface area (Å²) in [7, 11) is 13.7. The largest absolute Gasteiger partial charge is 0.416 e. The normalized spacial score (nSPS) is 11.4. The number of aryl methyl sites for hydroxylation is 7. The zero-order valence-corrected chi connectivity index (χ0v) is 87.0. The van der Waals surface area contributed by atoms with E-state index in [0.29, 0.717) is 66.6 Å². The van der Waals surface area contributed by atoms with E-state index in [1.165, 1.54) is 78.2 Å². The molecule has 16 aromatic rings. The van der Waals surface area contributed by atoms with Gasteiger partial charge in [-0.25, -0.2) is 56.6 Å². The fourth-order valence-corrected chi connectivity index (χ4v) is 15.9. The van der Waals surface area contributed by atoms with Gasteiger partial charge in [0, 0.05) is 181 Å². The molecule has 8 aromatic heterocycles. The number of benzene rings is 8. The molecule has 16 rings (SSSR count). The Bertz CT molecular complexity index is 7070. The first-order valence-electron chi connectivity index (χ1n) is 46.8. The van der Waals surface area contributed by atoms with E-state index in [1.807, 2.05) is 138 Å². The van der Waals surface area contributed by atoms with Gasteiger partial charge in [0.2, 0.25) is 10.0 Å². The lowest BCUT2D eigenvalue weighted by Crippen LogP contribution is -2.22. The summed E-state index contributed by atoms with van der Waals surface area (Å²) in [5.41, 5.74) is 15.0. The smallest absolute Gasteiger partial charge is 0.354 e. The quantitative estimate of drug-likeness (QED) is 0.0705. The van der Waals surface area contributed by atoms with Crippen molar-refractivity contribution in [3.63, 3.8) is 0 Å². The molecule has 0 saturated carbocycles. The maximum absolute atomic E-state index is 14.2. The maximum Gasteiger partial charge on any atom is 0.416 e. The van der Waals surface area contributed by atoms with Crippen LogP contribution in [0.5, 0.6) is 0 Å². The molecule has 1 amide bonds. The molecular weight excluding hydrogens is 1900 g/mol. The van der Waals surface area contributed by atoms with Gasteiger partial charge in [0.15, 0.2) is 11.6 Å². The van der Waals surface area contributed by atoms with E-state index in [4.69, 9.17) is 0 Å². The zero-order chi connectivity index (χ0) is 107. The molecule has 8 heterocycles. The van der Waals surface area contributed by atoms with Crippen molar-refractivity contribution in [2.45, 2.75) is 176 Å². The molecule has 0 saturated heterocycles. The standard InChI is InChI=1S/C17H17F3N2O.C15H21N3O2S.C14H15F3N2.2C13H14F2N2.2C13H15FN2.C12H14FN3/c1-9(2)11-6-13(16(19)20)12(7-14(11)18)10-4-5-15(22-8-10)17(23)21-3;1-11(2)12-6-13(14-9-16-18(5)10-14)8-15(7-12)21(19,20)17(3)4;1-9(2)10-4-11(12-7-18-19(3)8-12)6-13(5-10)14(15,16)17;1-8(2)11-4-9(5-12(14)13(11)15)10-6-16-17(3)7-10;1-8(2)12-11(14)5-4-10(13(12)15)9-6-16-17(3)7-9;1-9(2)12-5-4-10(6-13(12)14)11-7-15-16(3)8-11;1-9(2)10-4-5-13(14)12(6-10)11-7-15-16(3)8-11;1-8(2)10-5-4-9(6-11(10)13)12-7-16(3)15-14-12/h4-9,16H,1-3H3,(H,21,23);6-11H,1-5H3;4-9H,1-3H3;2*4-8H,1-3H3;2*4-9H,1-3H3;4-8H,1-3H3. The summed E-state index contributed by atoms with van der Waals surface area (Å²) in [4.78, 5) is 15.7. The third-order valence-electron chi connectivity index (χ3n) is 23.3. The van der Waals surface area contributed by atoms with Crippen LogP contribution < -0.4 is 5.32 Å². The number of amides is 1. The summed E-state index contributed by atoms with van der Waals surface area (Å²) in [5.74, 6) is -3.34. The number of alkyl halides is 5. The third-order valence-corrected chi connectivity index (χ3v) is 25.0. The Morgan fingerprint density at radius 3 is 1.17 bits per heavy atom. The molecule has 770 valence electrons. The monoisotopic (exact) mass is 2020 g/mol. The minimum absolute atomic E-state index is 0.0396. The van der Waals surface area contributed by atoms with E-state index in [0.717, 1.165) is 67.3 Å². The van der Waals surface area contributed by atoms with Crippen LogP contribution in [0, 0.1) is 46.5 Å². The van der Waals surface area contributed by atoms with Gasteiger partial charge in [0.05, 0.1) is 53.8 Å². The third kappa shape index (κ3) is 30.7. The minimum atomic E-state index is -4.33. The van der Waals surface area contributed by atoms with Crippen LogP contribution >= 0.6 is 0 Å². The fraction of sp³-hybridized carbons (Fsp3) is 0.327. The summed E-state index contributed by atoms with van der Waals surface area (Å²) in [6, 6.07) is 36.3. The molecule has 0 aliphatic carbocycles. The van der Waals surface area contributed by atoms with Crippen molar-refractivity contribution in [1.29, 1.82) is 0 Å². The minimum Gasteiger partial charge on any atom is -0.354 e. The number of nitrogens with one attached hydrogen (secondary N) is 1. The molecule has 0 aliphatic rings. The number of rotatable bonds is 20. The van der Waals surface area contributed by atoms with Gasteiger partial charge in [-0.2, -0.15) is 43.8 Å².